The molecule has 0 bridgehead atoms. The molecule has 0 fully saturated rings. The summed E-state index contributed by atoms with van der Waals surface area (Å²) in [6.07, 6.45) is 5.47. The lowest BCUT2D eigenvalue weighted by atomic mass is 10.1. The maximum absolute atomic E-state index is 12.3. The van der Waals surface area contributed by atoms with Crippen molar-refractivity contribution >= 4 is 11.6 Å². The Morgan fingerprint density at radius 3 is 2.37 bits per heavy atom. The fraction of sp³-hybridized carbons (Fsp3) is 0.333. The van der Waals surface area contributed by atoms with Crippen LogP contribution >= 0.6 is 0 Å². The van der Waals surface area contributed by atoms with Crippen molar-refractivity contribution < 1.29 is 14.3 Å². The number of hydrogen-bond donors (Lipinski definition) is 2. The number of carbonyl (C=O) groups is 1. The molecular weight excluding hydrogens is 378 g/mol. The topological polar surface area (TPSA) is 83.4 Å². The van der Waals surface area contributed by atoms with Crippen molar-refractivity contribution in [2.24, 2.45) is 0 Å². The first-order valence-corrected chi connectivity index (χ1v) is 10.1. The normalized spacial score (nSPS) is 10.8. The van der Waals surface area contributed by atoms with Gasteiger partial charge in [-0.05, 0) is 54.7 Å². The van der Waals surface area contributed by atoms with E-state index in [1.807, 2.05) is 48.5 Å². The molecular formula is C24H29N3O3. The quantitative estimate of drug-likeness (QED) is 0.331. The van der Waals surface area contributed by atoms with Crippen LogP contribution in [0.2, 0.25) is 0 Å². The average molecular weight is 408 g/mol. The van der Waals surface area contributed by atoms with Crippen LogP contribution in [0.5, 0.6) is 11.5 Å². The molecule has 158 valence electrons. The van der Waals surface area contributed by atoms with Gasteiger partial charge in [0.05, 0.1) is 14.2 Å². The van der Waals surface area contributed by atoms with Gasteiger partial charge < -0.3 is 20.1 Å². The number of ether oxygens (including phenoxy) is 2. The summed E-state index contributed by atoms with van der Waals surface area (Å²) in [6.45, 7) is 2.73. The van der Waals surface area contributed by atoms with E-state index in [0.29, 0.717) is 30.2 Å². The minimum Gasteiger partial charge on any atom is -0.493 e. The van der Waals surface area contributed by atoms with Crippen molar-refractivity contribution in [2.45, 2.75) is 32.6 Å². The lowest BCUT2D eigenvalue weighted by Crippen LogP contribution is -2.18. The molecule has 30 heavy (non-hydrogen) atoms. The molecule has 0 saturated carbocycles. The molecule has 0 unspecified atom stereocenters. The number of benzene rings is 2. The highest BCUT2D eigenvalue weighted by Crippen LogP contribution is 2.27. The molecule has 0 atom stereocenters. The molecule has 1 amide bonds. The molecule has 2 rings (SSSR count). The number of rotatable bonds is 11. The first-order chi connectivity index (χ1) is 14.6. The summed E-state index contributed by atoms with van der Waals surface area (Å²) in [7, 11) is 3.19. The maximum atomic E-state index is 12.3. The third-order valence-electron chi connectivity index (χ3n) is 4.65. The second-order valence-corrected chi connectivity index (χ2v) is 6.82. The first-order valence-electron chi connectivity index (χ1n) is 10.1. The van der Waals surface area contributed by atoms with Gasteiger partial charge in [0.15, 0.2) is 11.5 Å². The Bertz CT molecular complexity index is 899. The number of carbonyl (C=O) groups excluding carboxylic acids is 1. The number of nitriles is 1. The van der Waals surface area contributed by atoms with Gasteiger partial charge in [0.1, 0.15) is 11.6 Å². The minimum atomic E-state index is -0.433. The standard InChI is InChI=1S/C24H29N3O3/c1-4-5-6-18-7-10-21(11-8-18)27-24(28)20(16-25)17-26-14-13-19-9-12-22(29-2)23(15-19)30-3/h7-12,15,17,26H,4-6,13-14H2,1-3H3,(H,27,28)/b20-17-. The zero-order valence-corrected chi connectivity index (χ0v) is 17.8. The number of nitrogens with one attached hydrogen (secondary N) is 2. The first kappa shape index (κ1) is 22.8. The Morgan fingerprint density at radius 2 is 1.73 bits per heavy atom. The number of anilines is 1. The molecule has 6 heteroatoms. The summed E-state index contributed by atoms with van der Waals surface area (Å²) in [5.41, 5.74) is 2.99. The Morgan fingerprint density at radius 1 is 1.03 bits per heavy atom. The van der Waals surface area contributed by atoms with Gasteiger partial charge in [0.25, 0.3) is 5.91 Å². The Labute approximate surface area is 178 Å². The Balaban J connectivity index is 1.87. The van der Waals surface area contributed by atoms with Gasteiger partial charge >= 0.3 is 0 Å². The van der Waals surface area contributed by atoms with Crippen molar-refractivity contribution in [1.82, 2.24) is 5.32 Å². The highest BCUT2D eigenvalue weighted by molar-refractivity contribution is 6.06. The van der Waals surface area contributed by atoms with E-state index in [9.17, 15) is 10.1 Å². The summed E-state index contributed by atoms with van der Waals surface area (Å²) >= 11 is 0. The molecule has 0 aromatic heterocycles. The fourth-order valence-corrected chi connectivity index (χ4v) is 2.91. The predicted molar refractivity (Wildman–Crippen MR) is 119 cm³/mol. The largest absolute Gasteiger partial charge is 0.493 e. The molecule has 0 aliphatic rings. The zero-order valence-electron chi connectivity index (χ0n) is 17.8. The van der Waals surface area contributed by atoms with E-state index < -0.39 is 5.91 Å². The summed E-state index contributed by atoms with van der Waals surface area (Å²) < 4.78 is 10.5. The van der Waals surface area contributed by atoms with E-state index >= 15 is 0 Å². The van der Waals surface area contributed by atoms with Crippen molar-refractivity contribution in [1.29, 1.82) is 5.26 Å². The third kappa shape index (κ3) is 6.85. The molecule has 0 heterocycles. The summed E-state index contributed by atoms with van der Waals surface area (Å²) in [6, 6.07) is 15.4. The van der Waals surface area contributed by atoms with Crippen LogP contribution in [0, 0.1) is 11.3 Å². The molecule has 6 nitrogen and oxygen atoms in total. The van der Waals surface area contributed by atoms with Crippen molar-refractivity contribution in [2.75, 3.05) is 26.1 Å². The number of aryl methyl sites for hydroxylation is 1. The van der Waals surface area contributed by atoms with Crippen LogP contribution in [0.15, 0.2) is 54.2 Å². The van der Waals surface area contributed by atoms with E-state index in [2.05, 4.69) is 17.6 Å². The van der Waals surface area contributed by atoms with Crippen LogP contribution < -0.4 is 20.1 Å². The summed E-state index contributed by atoms with van der Waals surface area (Å²) in [4.78, 5) is 12.3. The van der Waals surface area contributed by atoms with Gasteiger partial charge in [-0.2, -0.15) is 5.26 Å². The monoisotopic (exact) mass is 407 g/mol. The zero-order chi connectivity index (χ0) is 21.8. The Hall–Kier alpha value is -3.46. The van der Waals surface area contributed by atoms with E-state index in [4.69, 9.17) is 9.47 Å². The smallest absolute Gasteiger partial charge is 0.267 e. The van der Waals surface area contributed by atoms with Crippen LogP contribution in [-0.2, 0) is 17.6 Å². The molecule has 0 spiro atoms. The van der Waals surface area contributed by atoms with Gasteiger partial charge in [-0.15, -0.1) is 0 Å². The van der Waals surface area contributed by atoms with Gasteiger partial charge in [0.2, 0.25) is 0 Å². The van der Waals surface area contributed by atoms with Crippen molar-refractivity contribution in [3.63, 3.8) is 0 Å². The maximum Gasteiger partial charge on any atom is 0.267 e. The predicted octanol–water partition coefficient (Wildman–Crippen LogP) is 4.22. The van der Waals surface area contributed by atoms with Crippen LogP contribution in [0.3, 0.4) is 0 Å². The SMILES string of the molecule is CCCCc1ccc(NC(=O)/C(C#N)=C\NCCc2ccc(OC)c(OC)c2)cc1. The average Bonchev–Trinajstić information content (AvgIpc) is 2.78. The highest BCUT2D eigenvalue weighted by atomic mass is 16.5. The van der Waals surface area contributed by atoms with Crippen LogP contribution in [0.1, 0.15) is 30.9 Å². The van der Waals surface area contributed by atoms with Gasteiger partial charge in [-0.3, -0.25) is 4.79 Å². The second-order valence-electron chi connectivity index (χ2n) is 6.82. The van der Waals surface area contributed by atoms with E-state index in [1.165, 1.54) is 11.8 Å². The number of amides is 1. The van der Waals surface area contributed by atoms with E-state index in [-0.39, 0.29) is 5.57 Å². The summed E-state index contributed by atoms with van der Waals surface area (Å²) in [5.74, 6) is 0.914. The molecule has 0 aliphatic heterocycles. The molecule has 2 aromatic carbocycles. The lowest BCUT2D eigenvalue weighted by molar-refractivity contribution is -0.112. The minimum absolute atomic E-state index is 0.0253. The van der Waals surface area contributed by atoms with Crippen LogP contribution in [0.25, 0.3) is 0 Å². The molecule has 2 N–H and O–H groups in total. The number of unbranched alkanes of at least 4 members (excludes halogenated alkanes) is 1. The second kappa shape index (κ2) is 12.2. The lowest BCUT2D eigenvalue weighted by Gasteiger charge is -2.10. The van der Waals surface area contributed by atoms with Gasteiger partial charge in [-0.1, -0.05) is 31.5 Å². The van der Waals surface area contributed by atoms with Crippen molar-refractivity contribution in [3.8, 4) is 17.6 Å². The number of nitrogens with zero attached hydrogens (tertiary/aromatic N) is 1. The highest BCUT2D eigenvalue weighted by Gasteiger charge is 2.09. The van der Waals surface area contributed by atoms with Crippen LogP contribution in [0.4, 0.5) is 5.69 Å². The molecule has 0 saturated heterocycles. The fourth-order valence-electron chi connectivity index (χ4n) is 2.91. The number of methoxy groups -OCH3 is 2. The van der Waals surface area contributed by atoms with E-state index in [0.717, 1.165) is 24.8 Å². The Kier molecular flexibility index (Phi) is 9.26. The third-order valence-corrected chi connectivity index (χ3v) is 4.65. The van der Waals surface area contributed by atoms with E-state index in [1.54, 1.807) is 14.2 Å². The molecule has 0 aliphatic carbocycles. The van der Waals surface area contributed by atoms with Crippen LogP contribution in [-0.4, -0.2) is 26.7 Å². The summed E-state index contributed by atoms with van der Waals surface area (Å²) in [5, 5.41) is 15.1. The van der Waals surface area contributed by atoms with Gasteiger partial charge in [-0.25, -0.2) is 0 Å². The van der Waals surface area contributed by atoms with Crippen molar-refractivity contribution in [3.05, 3.63) is 65.4 Å². The molecule has 0 radical (unpaired) electrons. The molecule has 2 aromatic rings. The van der Waals surface area contributed by atoms with Gasteiger partial charge in [0, 0.05) is 18.4 Å². The number of hydrogen-bond acceptors (Lipinski definition) is 5.